The molecule has 1 fully saturated rings. The van der Waals surface area contributed by atoms with Crippen molar-refractivity contribution in [3.63, 3.8) is 0 Å². The van der Waals surface area contributed by atoms with Gasteiger partial charge in [0.1, 0.15) is 54.6 Å². The van der Waals surface area contributed by atoms with Gasteiger partial charge in [0.05, 0.1) is 32.4 Å². The summed E-state index contributed by atoms with van der Waals surface area (Å²) in [6, 6.07) is 10.3. The summed E-state index contributed by atoms with van der Waals surface area (Å²) in [5.74, 6) is -6.27. The average Bonchev–Trinajstić information content (AvgIpc) is 3.25. The third-order valence-corrected chi connectivity index (χ3v) is 9.82. The number of benzene rings is 2. The predicted molar refractivity (Wildman–Crippen MR) is 222 cm³/mol. The van der Waals surface area contributed by atoms with E-state index in [9.17, 15) is 59.1 Å². The lowest BCUT2D eigenvalue weighted by molar-refractivity contribution is -0.301. The van der Waals surface area contributed by atoms with E-state index >= 15 is 0 Å². The van der Waals surface area contributed by atoms with Crippen molar-refractivity contribution in [3.05, 3.63) is 71.8 Å². The molecule has 2 aromatic rings. The molecule has 2 aromatic carbocycles. The summed E-state index contributed by atoms with van der Waals surface area (Å²) in [5.41, 5.74) is 12.2. The number of hydrogen-bond acceptors (Lipinski definition) is 15. The van der Waals surface area contributed by atoms with Gasteiger partial charge in [-0.2, -0.15) is 0 Å². The minimum Gasteiger partial charge on any atom is -0.394 e. The maximum atomic E-state index is 13.9. The fourth-order valence-corrected chi connectivity index (χ4v) is 6.39. The third-order valence-electron chi connectivity index (χ3n) is 9.82. The highest BCUT2D eigenvalue weighted by atomic mass is 16.7. The number of amides is 7. The van der Waals surface area contributed by atoms with Gasteiger partial charge in [0.15, 0.2) is 6.29 Å². The number of ether oxygens (including phenoxy) is 2. The second kappa shape index (κ2) is 25.5. The molecule has 3 rings (SSSR count). The van der Waals surface area contributed by atoms with E-state index in [0.29, 0.717) is 11.1 Å². The van der Waals surface area contributed by atoms with Crippen LogP contribution in [-0.2, 0) is 55.9 Å². The van der Waals surface area contributed by atoms with Gasteiger partial charge in [0.25, 0.3) is 0 Å². The van der Waals surface area contributed by atoms with Gasteiger partial charge in [-0.15, -0.1) is 0 Å². The van der Waals surface area contributed by atoms with Crippen molar-refractivity contribution in [2.45, 2.75) is 107 Å². The minimum absolute atomic E-state index is 0.0329. The van der Waals surface area contributed by atoms with Gasteiger partial charge in [-0.05, 0) is 30.4 Å². The molecular formula is C41H60N8O14. The van der Waals surface area contributed by atoms with Crippen LogP contribution >= 0.6 is 0 Å². The largest absolute Gasteiger partial charge is 0.394 e. The molecule has 0 spiro atoms. The molecule has 1 saturated heterocycles. The molecule has 1 heterocycles. The number of hydrogen-bond donors (Lipinski definition) is 13. The lowest BCUT2D eigenvalue weighted by atomic mass is 9.99. The highest BCUT2D eigenvalue weighted by Gasteiger charge is 2.44. The van der Waals surface area contributed by atoms with Crippen molar-refractivity contribution in [2.24, 2.45) is 17.4 Å². The molecule has 0 bridgehead atoms. The number of nitrogens with two attached hydrogens (primary N) is 2. The van der Waals surface area contributed by atoms with Crippen LogP contribution in [-0.4, -0.2) is 160 Å². The molecule has 0 radical (unpaired) electrons. The Hall–Kier alpha value is -5.59. The first kappa shape index (κ1) is 51.8. The van der Waals surface area contributed by atoms with Gasteiger partial charge in [0, 0.05) is 12.8 Å². The number of carbonyl (C=O) groups excluding carboxylic acids is 7. The molecule has 22 nitrogen and oxygen atoms in total. The third kappa shape index (κ3) is 16.6. The number of carbonyl (C=O) groups is 7. The Bertz CT molecular complexity index is 1820. The van der Waals surface area contributed by atoms with E-state index in [0.717, 1.165) is 0 Å². The Morgan fingerprint density at radius 3 is 1.68 bits per heavy atom. The molecule has 22 heteroatoms. The summed E-state index contributed by atoms with van der Waals surface area (Å²) in [6.07, 6.45) is -9.67. The highest BCUT2D eigenvalue weighted by molar-refractivity contribution is 5.96. The monoisotopic (exact) mass is 888 g/mol. The van der Waals surface area contributed by atoms with Gasteiger partial charge in [0.2, 0.25) is 41.4 Å². The SMILES string of the molecule is CC(C)C[C@H](NC(=O)[C@H](Cc1ccccc1)NC(=O)CNC(=O)[C@H](NC(=O)[C@H](Cc1ccccc1)NC(=O)CN)[C@@H](C)O)C(=O)N[C@@H](CO[C@@H]1O[C@H](CO)[C@@H](O)[C@H](O)[C@H]1O)C(N)=O. The maximum Gasteiger partial charge on any atom is 0.245 e. The van der Waals surface area contributed by atoms with Crippen LogP contribution in [0.2, 0.25) is 0 Å². The van der Waals surface area contributed by atoms with Crippen molar-refractivity contribution in [3.8, 4) is 0 Å². The molecule has 11 atom stereocenters. The first-order chi connectivity index (χ1) is 29.8. The van der Waals surface area contributed by atoms with E-state index in [1.165, 1.54) is 6.92 Å². The molecule has 7 amide bonds. The van der Waals surface area contributed by atoms with Crippen LogP contribution in [0.15, 0.2) is 60.7 Å². The lowest BCUT2D eigenvalue weighted by Gasteiger charge is -2.39. The number of nitrogens with one attached hydrogen (secondary N) is 6. The average molecular weight is 889 g/mol. The highest BCUT2D eigenvalue weighted by Crippen LogP contribution is 2.22. The smallest absolute Gasteiger partial charge is 0.245 e. The molecular weight excluding hydrogens is 828 g/mol. The van der Waals surface area contributed by atoms with Crippen LogP contribution in [0.1, 0.15) is 38.3 Å². The molecule has 0 unspecified atom stereocenters. The Labute approximate surface area is 363 Å². The minimum atomic E-state index is -1.80. The van der Waals surface area contributed by atoms with Crippen molar-refractivity contribution in [1.29, 1.82) is 0 Å². The van der Waals surface area contributed by atoms with E-state index in [4.69, 9.17) is 20.9 Å². The second-order valence-corrected chi connectivity index (χ2v) is 15.5. The van der Waals surface area contributed by atoms with E-state index in [2.05, 4.69) is 31.9 Å². The van der Waals surface area contributed by atoms with E-state index in [-0.39, 0.29) is 25.2 Å². The lowest BCUT2D eigenvalue weighted by Crippen LogP contribution is -2.61. The van der Waals surface area contributed by atoms with Crippen molar-refractivity contribution in [1.82, 2.24) is 31.9 Å². The summed E-state index contributed by atoms with van der Waals surface area (Å²) in [6.45, 7) is 2.19. The van der Waals surface area contributed by atoms with E-state index in [1.54, 1.807) is 74.5 Å². The number of primary amides is 1. The standard InChI is InChI=1S/C41H60N8O14/c1-21(2)14-25(37(58)48-28(36(43)57)20-62-41-35(56)34(55)33(54)29(19-50)63-41)47-38(59)26(15-23-10-6-4-7-11-23)46-31(53)18-44-40(61)32(22(3)51)49-39(60)27(45-30(52)17-42)16-24-12-8-5-9-13-24/h4-13,21-22,25-29,32-35,41,50-51,54-56H,14-20,42H2,1-3H3,(H2,43,57)(H,44,61)(H,45,52)(H,46,53)(H,47,59)(H,48,58)(H,49,60)/t22-,25+,26+,27+,28+,29-,32-,33-,34+,35-,41-/m1/s1. The van der Waals surface area contributed by atoms with E-state index in [1.807, 2.05) is 0 Å². The van der Waals surface area contributed by atoms with Gasteiger partial charge in [-0.3, -0.25) is 33.6 Å². The number of aliphatic hydroxyl groups is 5. The molecule has 0 saturated carbocycles. The summed E-state index contributed by atoms with van der Waals surface area (Å²) >= 11 is 0. The van der Waals surface area contributed by atoms with Crippen molar-refractivity contribution >= 4 is 41.4 Å². The van der Waals surface area contributed by atoms with Crippen LogP contribution in [0.25, 0.3) is 0 Å². The Balaban J connectivity index is 1.71. The summed E-state index contributed by atoms with van der Waals surface area (Å²) in [7, 11) is 0. The Kier molecular flexibility index (Phi) is 21.0. The quantitative estimate of drug-likeness (QED) is 0.0468. The second-order valence-electron chi connectivity index (χ2n) is 15.5. The molecule has 1 aliphatic heterocycles. The van der Waals surface area contributed by atoms with Gasteiger partial charge in [-0.1, -0.05) is 74.5 Å². The summed E-state index contributed by atoms with van der Waals surface area (Å²) in [4.78, 5) is 92.0. The Morgan fingerprint density at radius 2 is 1.19 bits per heavy atom. The molecule has 1 aliphatic rings. The molecule has 0 aliphatic carbocycles. The summed E-state index contributed by atoms with van der Waals surface area (Å²) < 4.78 is 10.7. The maximum absolute atomic E-state index is 13.9. The first-order valence-electron chi connectivity index (χ1n) is 20.3. The number of aliphatic hydroxyl groups excluding tert-OH is 5. The van der Waals surface area contributed by atoms with Crippen LogP contribution in [0.5, 0.6) is 0 Å². The zero-order valence-electron chi connectivity index (χ0n) is 35.2. The van der Waals surface area contributed by atoms with Crippen molar-refractivity contribution < 1.29 is 68.6 Å². The zero-order valence-corrected chi connectivity index (χ0v) is 35.2. The Morgan fingerprint density at radius 1 is 0.683 bits per heavy atom. The number of rotatable bonds is 24. The van der Waals surface area contributed by atoms with E-state index < -0.39 is 135 Å². The first-order valence-corrected chi connectivity index (χ1v) is 20.3. The van der Waals surface area contributed by atoms with Gasteiger partial charge < -0.3 is 78.4 Å². The van der Waals surface area contributed by atoms with Crippen LogP contribution < -0.4 is 43.4 Å². The fourth-order valence-electron chi connectivity index (χ4n) is 6.39. The van der Waals surface area contributed by atoms with Crippen molar-refractivity contribution in [2.75, 3.05) is 26.3 Å². The molecule has 348 valence electrons. The van der Waals surface area contributed by atoms with Gasteiger partial charge in [-0.25, -0.2) is 0 Å². The normalized spacial score (nSPS) is 21.3. The predicted octanol–water partition coefficient (Wildman–Crippen LogP) is -5.30. The summed E-state index contributed by atoms with van der Waals surface area (Å²) in [5, 5.41) is 65.1. The van der Waals surface area contributed by atoms with Gasteiger partial charge >= 0.3 is 0 Å². The zero-order chi connectivity index (χ0) is 46.8. The topological polar surface area (TPSA) is 363 Å². The fraction of sp³-hybridized carbons (Fsp3) is 0.537. The molecule has 0 aromatic heterocycles. The van der Waals surface area contributed by atoms with Crippen LogP contribution in [0.3, 0.4) is 0 Å². The molecule has 15 N–H and O–H groups in total. The molecule has 63 heavy (non-hydrogen) atoms. The van der Waals surface area contributed by atoms with Crippen LogP contribution in [0, 0.1) is 5.92 Å². The van der Waals surface area contributed by atoms with Crippen LogP contribution in [0.4, 0.5) is 0 Å².